The Kier molecular flexibility index (Phi) is 7.17. The molecule has 2 unspecified atom stereocenters. The Morgan fingerprint density at radius 2 is 1.84 bits per heavy atom. The van der Waals surface area contributed by atoms with Crippen LogP contribution in [0.3, 0.4) is 0 Å². The molecule has 0 aliphatic rings. The molecule has 0 radical (unpaired) electrons. The second kappa shape index (κ2) is 9.13. The highest BCUT2D eigenvalue weighted by Gasteiger charge is 2.17. The average Bonchev–Trinajstić information content (AvgIpc) is 2.60. The van der Waals surface area contributed by atoms with Gasteiger partial charge in [0.2, 0.25) is 0 Å². The van der Waals surface area contributed by atoms with Gasteiger partial charge in [0, 0.05) is 6.04 Å². The van der Waals surface area contributed by atoms with Gasteiger partial charge in [-0.2, -0.15) is 0 Å². The molecular formula is C20H27NO3S. The lowest BCUT2D eigenvalue weighted by atomic mass is 10.0. The maximum atomic E-state index is 10.5. The van der Waals surface area contributed by atoms with Crippen LogP contribution in [0.1, 0.15) is 36.3 Å². The molecule has 136 valence electrons. The van der Waals surface area contributed by atoms with E-state index in [2.05, 4.69) is 24.4 Å². The van der Waals surface area contributed by atoms with E-state index in [0.29, 0.717) is 0 Å². The summed E-state index contributed by atoms with van der Waals surface area (Å²) in [5, 5.41) is 23.7. The normalized spacial score (nSPS) is 13.5. The number of aryl methyl sites for hydroxylation is 1. The molecule has 0 saturated carbocycles. The van der Waals surface area contributed by atoms with E-state index in [1.165, 1.54) is 17.3 Å². The van der Waals surface area contributed by atoms with Crippen molar-refractivity contribution >= 4 is 11.8 Å². The molecule has 0 spiro atoms. The number of phenolic OH excluding ortho intramolecular Hbond substituents is 1. The van der Waals surface area contributed by atoms with Crippen LogP contribution in [0, 0.1) is 6.92 Å². The lowest BCUT2D eigenvalue weighted by molar-refractivity contribution is 0.123. The topological polar surface area (TPSA) is 61.7 Å². The van der Waals surface area contributed by atoms with Crippen molar-refractivity contribution < 1.29 is 14.9 Å². The number of thioether (sulfide) groups is 1. The van der Waals surface area contributed by atoms with Crippen LogP contribution in [-0.2, 0) is 6.42 Å². The summed E-state index contributed by atoms with van der Waals surface area (Å²) < 4.78 is 5.17. The highest BCUT2D eigenvalue weighted by Crippen LogP contribution is 2.33. The SMILES string of the molecule is COc1ccc(CCC(C)NC(O)c2ccc(O)c(SC)c2C)cc1. The van der Waals surface area contributed by atoms with Crippen molar-refractivity contribution in [1.29, 1.82) is 0 Å². The third kappa shape index (κ3) is 5.14. The molecule has 0 heterocycles. The second-order valence-corrected chi connectivity index (χ2v) is 7.01. The van der Waals surface area contributed by atoms with Gasteiger partial charge in [0.15, 0.2) is 0 Å². The number of hydrogen-bond donors (Lipinski definition) is 3. The first-order valence-electron chi connectivity index (χ1n) is 8.39. The molecule has 3 N–H and O–H groups in total. The van der Waals surface area contributed by atoms with Crippen molar-refractivity contribution in [1.82, 2.24) is 5.32 Å². The number of rotatable bonds is 8. The summed E-state index contributed by atoms with van der Waals surface area (Å²) in [4.78, 5) is 0.809. The molecule has 25 heavy (non-hydrogen) atoms. The summed E-state index contributed by atoms with van der Waals surface area (Å²) >= 11 is 1.48. The molecule has 0 aliphatic carbocycles. The Balaban J connectivity index is 1.94. The number of aliphatic hydroxyl groups excluding tert-OH is 1. The Labute approximate surface area is 154 Å². The summed E-state index contributed by atoms with van der Waals surface area (Å²) in [5.74, 6) is 1.12. The molecule has 0 bridgehead atoms. The van der Waals surface area contributed by atoms with Gasteiger partial charge in [-0.25, -0.2) is 0 Å². The van der Waals surface area contributed by atoms with Crippen LogP contribution in [-0.4, -0.2) is 29.6 Å². The highest BCUT2D eigenvalue weighted by molar-refractivity contribution is 7.98. The van der Waals surface area contributed by atoms with Crippen LogP contribution in [0.5, 0.6) is 11.5 Å². The molecule has 2 aromatic carbocycles. The Hall–Kier alpha value is -1.69. The standard InChI is InChI=1S/C20H27NO3S/c1-13(5-6-15-7-9-16(24-3)10-8-15)21-20(23)17-11-12-18(22)19(25-4)14(17)2/h7-13,20-23H,5-6H2,1-4H3. The molecule has 0 saturated heterocycles. The van der Waals surface area contributed by atoms with Gasteiger partial charge in [0.05, 0.1) is 12.0 Å². The Morgan fingerprint density at radius 3 is 2.44 bits per heavy atom. The van der Waals surface area contributed by atoms with E-state index in [1.54, 1.807) is 19.2 Å². The number of hydrogen-bond acceptors (Lipinski definition) is 5. The molecule has 0 amide bonds. The van der Waals surface area contributed by atoms with Gasteiger partial charge in [-0.3, -0.25) is 5.32 Å². The maximum absolute atomic E-state index is 10.5. The largest absolute Gasteiger partial charge is 0.507 e. The zero-order chi connectivity index (χ0) is 18.4. The van der Waals surface area contributed by atoms with Gasteiger partial charge in [0.1, 0.15) is 17.7 Å². The van der Waals surface area contributed by atoms with Gasteiger partial charge in [-0.1, -0.05) is 18.2 Å². The van der Waals surface area contributed by atoms with Crippen molar-refractivity contribution in [2.75, 3.05) is 13.4 Å². The Morgan fingerprint density at radius 1 is 1.16 bits per heavy atom. The first-order chi connectivity index (χ1) is 12.0. The monoisotopic (exact) mass is 361 g/mol. The molecule has 0 aromatic heterocycles. The molecule has 2 atom stereocenters. The van der Waals surface area contributed by atoms with Crippen LogP contribution in [0.2, 0.25) is 0 Å². The minimum absolute atomic E-state index is 0.156. The van der Waals surface area contributed by atoms with E-state index in [-0.39, 0.29) is 11.8 Å². The minimum atomic E-state index is -0.752. The quantitative estimate of drug-likeness (QED) is 0.489. The van der Waals surface area contributed by atoms with Crippen LogP contribution >= 0.6 is 11.8 Å². The highest BCUT2D eigenvalue weighted by atomic mass is 32.2. The van der Waals surface area contributed by atoms with Crippen LogP contribution in [0.4, 0.5) is 0 Å². The lowest BCUT2D eigenvalue weighted by Gasteiger charge is -2.22. The molecular weight excluding hydrogens is 334 g/mol. The van der Waals surface area contributed by atoms with Gasteiger partial charge in [0.25, 0.3) is 0 Å². The predicted octanol–water partition coefficient (Wildman–Crippen LogP) is 4.03. The van der Waals surface area contributed by atoms with Crippen molar-refractivity contribution in [3.8, 4) is 11.5 Å². The summed E-state index contributed by atoms with van der Waals surface area (Å²) in [6.45, 7) is 3.99. The van der Waals surface area contributed by atoms with E-state index < -0.39 is 6.23 Å². The summed E-state index contributed by atoms with van der Waals surface area (Å²) in [6.07, 6.45) is 3.01. The van der Waals surface area contributed by atoms with Crippen molar-refractivity contribution in [3.63, 3.8) is 0 Å². The van der Waals surface area contributed by atoms with E-state index in [1.807, 2.05) is 25.3 Å². The van der Waals surface area contributed by atoms with Crippen LogP contribution in [0.15, 0.2) is 41.3 Å². The fourth-order valence-electron chi connectivity index (χ4n) is 2.86. The second-order valence-electron chi connectivity index (χ2n) is 6.19. The maximum Gasteiger partial charge on any atom is 0.131 e. The van der Waals surface area contributed by atoms with Gasteiger partial charge >= 0.3 is 0 Å². The van der Waals surface area contributed by atoms with Crippen LogP contribution < -0.4 is 10.1 Å². The van der Waals surface area contributed by atoms with Crippen molar-refractivity contribution in [2.45, 2.75) is 43.9 Å². The first-order valence-corrected chi connectivity index (χ1v) is 9.62. The number of phenols is 1. The number of ether oxygens (including phenoxy) is 1. The zero-order valence-corrected chi connectivity index (χ0v) is 16.1. The molecule has 0 fully saturated rings. The first kappa shape index (κ1) is 19.6. The third-order valence-corrected chi connectivity index (χ3v) is 5.32. The molecule has 2 rings (SSSR count). The van der Waals surface area contributed by atoms with E-state index in [0.717, 1.165) is 34.6 Å². The number of nitrogens with one attached hydrogen (secondary N) is 1. The Bertz CT molecular complexity index is 688. The van der Waals surface area contributed by atoms with Gasteiger partial charge < -0.3 is 14.9 Å². The smallest absolute Gasteiger partial charge is 0.131 e. The summed E-state index contributed by atoms with van der Waals surface area (Å²) in [6, 6.07) is 11.6. The molecule has 5 heteroatoms. The third-order valence-electron chi connectivity index (χ3n) is 4.39. The molecule has 0 aliphatic heterocycles. The van der Waals surface area contributed by atoms with Crippen molar-refractivity contribution in [3.05, 3.63) is 53.1 Å². The lowest BCUT2D eigenvalue weighted by Crippen LogP contribution is -2.31. The van der Waals surface area contributed by atoms with E-state index in [4.69, 9.17) is 4.74 Å². The predicted molar refractivity (Wildman–Crippen MR) is 103 cm³/mol. The van der Waals surface area contributed by atoms with Gasteiger partial charge in [-0.05, 0) is 67.8 Å². The summed E-state index contributed by atoms with van der Waals surface area (Å²) in [5.41, 5.74) is 2.96. The van der Waals surface area contributed by atoms with E-state index in [9.17, 15) is 10.2 Å². The summed E-state index contributed by atoms with van der Waals surface area (Å²) in [7, 11) is 1.66. The van der Waals surface area contributed by atoms with Crippen LogP contribution in [0.25, 0.3) is 0 Å². The number of benzene rings is 2. The molecule has 2 aromatic rings. The zero-order valence-electron chi connectivity index (χ0n) is 15.2. The van der Waals surface area contributed by atoms with Gasteiger partial charge in [-0.15, -0.1) is 11.8 Å². The van der Waals surface area contributed by atoms with Crippen molar-refractivity contribution in [2.24, 2.45) is 0 Å². The number of methoxy groups -OCH3 is 1. The fourth-order valence-corrected chi connectivity index (χ4v) is 3.57. The van der Waals surface area contributed by atoms with E-state index >= 15 is 0 Å². The number of aromatic hydroxyl groups is 1. The number of aliphatic hydroxyl groups is 1. The minimum Gasteiger partial charge on any atom is -0.507 e. The molecule has 4 nitrogen and oxygen atoms in total. The fraction of sp³-hybridized carbons (Fsp3) is 0.400. The average molecular weight is 362 g/mol.